The lowest BCUT2D eigenvalue weighted by Gasteiger charge is -2.15. The Hall–Kier alpha value is -2.89. The summed E-state index contributed by atoms with van der Waals surface area (Å²) in [6.07, 6.45) is 3.41. The molecule has 0 radical (unpaired) electrons. The van der Waals surface area contributed by atoms with Crippen molar-refractivity contribution in [2.75, 3.05) is 11.2 Å². The van der Waals surface area contributed by atoms with Crippen LogP contribution in [0.5, 0.6) is 0 Å². The van der Waals surface area contributed by atoms with Gasteiger partial charge in [0, 0.05) is 25.1 Å². The number of fused-ring (bicyclic) bond motifs is 1. The molecule has 0 bridgehead atoms. The highest BCUT2D eigenvalue weighted by atomic mass is 32.2. The molecule has 1 fully saturated rings. The highest BCUT2D eigenvalue weighted by molar-refractivity contribution is 8.27. The fraction of sp³-hybridized carbons (Fsp3) is 0.150. The van der Waals surface area contributed by atoms with Crippen molar-refractivity contribution in [3.05, 3.63) is 67.5 Å². The standard InChI is InChI=1S/C20H16N4O4S3/c1-21-15-7-11(14(24(27)28)10-16(15)22(2)19(21)26)8-17-18(25)23(20(29)31-17)12-5-4-6-13(9-12)30-3/h4-10H,1-3H3/b17-8-. The molecule has 8 nitrogen and oxygen atoms in total. The van der Waals surface area contributed by atoms with E-state index >= 15 is 0 Å². The highest BCUT2D eigenvalue weighted by Gasteiger charge is 2.34. The van der Waals surface area contributed by atoms with E-state index in [9.17, 15) is 19.7 Å². The Kier molecular flexibility index (Phi) is 5.50. The van der Waals surface area contributed by atoms with E-state index in [1.54, 1.807) is 38.0 Å². The zero-order valence-corrected chi connectivity index (χ0v) is 19.1. The Morgan fingerprint density at radius 1 is 1.13 bits per heavy atom. The first-order valence-corrected chi connectivity index (χ1v) is 11.4. The first-order chi connectivity index (χ1) is 14.7. The number of hydrogen-bond donors (Lipinski definition) is 0. The van der Waals surface area contributed by atoms with E-state index < -0.39 is 4.92 Å². The Morgan fingerprint density at radius 2 is 1.81 bits per heavy atom. The third-order valence-corrected chi connectivity index (χ3v) is 7.04. The summed E-state index contributed by atoms with van der Waals surface area (Å²) in [4.78, 5) is 39.2. The topological polar surface area (TPSA) is 90.4 Å². The van der Waals surface area contributed by atoms with E-state index in [1.165, 1.54) is 26.2 Å². The number of nitrogens with zero attached hydrogens (tertiary/aromatic N) is 4. The van der Waals surface area contributed by atoms with E-state index in [4.69, 9.17) is 12.2 Å². The molecule has 0 atom stereocenters. The fourth-order valence-corrected chi connectivity index (χ4v) is 5.15. The number of nitro groups is 1. The minimum Gasteiger partial charge on any atom is -0.295 e. The van der Waals surface area contributed by atoms with Gasteiger partial charge in [0.2, 0.25) is 0 Å². The number of hydrogen-bond acceptors (Lipinski definition) is 7. The summed E-state index contributed by atoms with van der Waals surface area (Å²) in [5.74, 6) is -0.343. The zero-order chi connectivity index (χ0) is 22.4. The number of nitro benzene ring substituents is 1. The lowest BCUT2D eigenvalue weighted by molar-refractivity contribution is -0.385. The number of anilines is 1. The maximum atomic E-state index is 13.1. The Morgan fingerprint density at radius 3 is 2.45 bits per heavy atom. The number of aryl methyl sites for hydroxylation is 2. The molecule has 4 rings (SSSR count). The van der Waals surface area contributed by atoms with Gasteiger partial charge >= 0.3 is 5.69 Å². The minimum absolute atomic E-state index is 0.191. The molecule has 1 aromatic heterocycles. The predicted molar refractivity (Wildman–Crippen MR) is 129 cm³/mol. The Bertz CT molecular complexity index is 1370. The molecule has 0 N–H and O–H groups in total. The number of amides is 1. The van der Waals surface area contributed by atoms with Gasteiger partial charge in [-0.15, -0.1) is 11.8 Å². The number of thiocarbonyl (C=S) groups is 1. The number of thioether (sulfide) groups is 2. The average molecular weight is 473 g/mol. The van der Waals surface area contributed by atoms with Gasteiger partial charge in [0.1, 0.15) is 0 Å². The molecule has 1 saturated heterocycles. The quantitative estimate of drug-likeness (QED) is 0.187. The maximum Gasteiger partial charge on any atom is 0.328 e. The van der Waals surface area contributed by atoms with Crippen LogP contribution in [-0.4, -0.2) is 30.5 Å². The van der Waals surface area contributed by atoms with Crippen molar-refractivity contribution < 1.29 is 9.72 Å². The molecule has 2 heterocycles. The molecule has 0 saturated carbocycles. The van der Waals surface area contributed by atoms with E-state index in [0.717, 1.165) is 16.7 Å². The summed E-state index contributed by atoms with van der Waals surface area (Å²) in [6, 6.07) is 10.3. The zero-order valence-electron chi connectivity index (χ0n) is 16.7. The predicted octanol–water partition coefficient (Wildman–Crippen LogP) is 3.91. The van der Waals surface area contributed by atoms with Crippen molar-refractivity contribution >= 4 is 74.5 Å². The molecule has 3 aromatic rings. The normalized spacial score (nSPS) is 15.5. The van der Waals surface area contributed by atoms with E-state index in [1.807, 2.05) is 24.5 Å². The number of carbonyl (C=O) groups excluding carboxylic acids is 1. The Labute approximate surface area is 190 Å². The van der Waals surface area contributed by atoms with Gasteiger partial charge in [-0.2, -0.15) is 0 Å². The van der Waals surface area contributed by atoms with Crippen molar-refractivity contribution in [3.8, 4) is 0 Å². The smallest absolute Gasteiger partial charge is 0.295 e. The monoisotopic (exact) mass is 472 g/mol. The van der Waals surface area contributed by atoms with E-state index in [-0.39, 0.29) is 27.8 Å². The van der Waals surface area contributed by atoms with Gasteiger partial charge in [0.05, 0.1) is 32.1 Å². The van der Waals surface area contributed by atoms with E-state index in [2.05, 4.69) is 0 Å². The van der Waals surface area contributed by atoms with Crippen LogP contribution in [-0.2, 0) is 18.9 Å². The first-order valence-electron chi connectivity index (χ1n) is 8.98. The second kappa shape index (κ2) is 7.98. The summed E-state index contributed by atoms with van der Waals surface area (Å²) in [6.45, 7) is 0. The average Bonchev–Trinajstić information content (AvgIpc) is 3.14. The molecule has 1 aliphatic heterocycles. The van der Waals surface area contributed by atoms with Crippen LogP contribution in [0.25, 0.3) is 17.1 Å². The van der Waals surface area contributed by atoms with Gasteiger partial charge in [-0.1, -0.05) is 30.0 Å². The van der Waals surface area contributed by atoms with E-state index in [0.29, 0.717) is 21.0 Å². The second-order valence-electron chi connectivity index (χ2n) is 6.78. The van der Waals surface area contributed by atoms with Gasteiger partial charge in [0.25, 0.3) is 11.6 Å². The summed E-state index contributed by atoms with van der Waals surface area (Å²) in [5.41, 5.74) is 1.38. The number of imidazole rings is 1. The molecule has 1 amide bonds. The lowest BCUT2D eigenvalue weighted by atomic mass is 10.1. The molecule has 0 spiro atoms. The lowest BCUT2D eigenvalue weighted by Crippen LogP contribution is -2.27. The van der Waals surface area contributed by atoms with Gasteiger partial charge < -0.3 is 0 Å². The number of aromatic nitrogens is 2. The Balaban J connectivity index is 1.83. The fourth-order valence-electron chi connectivity index (χ4n) is 3.41. The van der Waals surface area contributed by atoms with Crippen molar-refractivity contribution in [3.63, 3.8) is 0 Å². The van der Waals surface area contributed by atoms with Crippen molar-refractivity contribution in [2.45, 2.75) is 4.90 Å². The van der Waals surface area contributed by atoms with Crippen LogP contribution in [0.1, 0.15) is 5.56 Å². The molecule has 0 aliphatic carbocycles. The molecule has 158 valence electrons. The van der Waals surface area contributed by atoms with Crippen molar-refractivity contribution in [2.24, 2.45) is 14.1 Å². The van der Waals surface area contributed by atoms with Crippen LogP contribution >= 0.6 is 35.7 Å². The largest absolute Gasteiger partial charge is 0.328 e. The van der Waals surface area contributed by atoms with Gasteiger partial charge in [-0.05, 0) is 36.6 Å². The molecular formula is C20H16N4O4S3. The maximum absolute atomic E-state index is 13.1. The summed E-state index contributed by atoms with van der Waals surface area (Å²) >= 11 is 8.05. The summed E-state index contributed by atoms with van der Waals surface area (Å²) < 4.78 is 3.12. The van der Waals surface area contributed by atoms with Crippen LogP contribution in [0.15, 0.2) is 51.0 Å². The third kappa shape index (κ3) is 3.58. The molecule has 31 heavy (non-hydrogen) atoms. The summed E-state index contributed by atoms with van der Waals surface area (Å²) in [7, 11) is 3.15. The summed E-state index contributed by atoms with van der Waals surface area (Å²) in [5, 5.41) is 11.7. The van der Waals surface area contributed by atoms with Crippen LogP contribution in [0.3, 0.4) is 0 Å². The second-order valence-corrected chi connectivity index (χ2v) is 9.33. The molecule has 1 aliphatic rings. The van der Waals surface area contributed by atoms with Crippen LogP contribution in [0.2, 0.25) is 0 Å². The van der Waals surface area contributed by atoms with Gasteiger partial charge in [-0.25, -0.2) is 4.79 Å². The minimum atomic E-state index is -0.522. The SMILES string of the molecule is CSc1cccc(N2C(=O)/C(=C/c3cc4c(cc3[N+](=O)[O-])n(C)c(=O)n4C)SC2=S)c1. The number of benzene rings is 2. The molecule has 0 unspecified atom stereocenters. The van der Waals surface area contributed by atoms with Gasteiger partial charge in [-0.3, -0.25) is 28.9 Å². The van der Waals surface area contributed by atoms with Crippen LogP contribution < -0.4 is 10.6 Å². The molecular weight excluding hydrogens is 456 g/mol. The first kappa shape index (κ1) is 21.3. The van der Waals surface area contributed by atoms with Crippen molar-refractivity contribution in [1.82, 2.24) is 9.13 Å². The van der Waals surface area contributed by atoms with Crippen LogP contribution in [0, 0.1) is 10.1 Å². The number of rotatable bonds is 4. The number of carbonyl (C=O) groups is 1. The van der Waals surface area contributed by atoms with Crippen LogP contribution in [0.4, 0.5) is 11.4 Å². The third-order valence-electron chi connectivity index (χ3n) is 5.01. The van der Waals surface area contributed by atoms with Gasteiger partial charge in [0.15, 0.2) is 4.32 Å². The van der Waals surface area contributed by atoms with Crippen molar-refractivity contribution in [1.29, 1.82) is 0 Å². The molecule has 2 aromatic carbocycles. The molecule has 11 heteroatoms. The highest BCUT2D eigenvalue weighted by Crippen LogP contribution is 2.38.